The van der Waals surface area contributed by atoms with E-state index in [1.54, 1.807) is 19.3 Å². The fraction of sp³-hybridized carbons (Fsp3) is 0.560. The Labute approximate surface area is 225 Å². The molecule has 11 heteroatoms. The largest absolute Gasteiger partial charge is 0.460 e. The number of ether oxygens (including phenoxy) is 3. The highest BCUT2D eigenvalue weighted by Gasteiger charge is 2.23. The van der Waals surface area contributed by atoms with E-state index in [1.165, 1.54) is 11.8 Å². The van der Waals surface area contributed by atoms with E-state index in [9.17, 15) is 9.59 Å². The van der Waals surface area contributed by atoms with Crippen LogP contribution in [0.5, 0.6) is 5.88 Å². The molecule has 0 amide bonds. The van der Waals surface area contributed by atoms with Gasteiger partial charge < -0.3 is 14.2 Å². The number of aromatic nitrogens is 3. The number of hydrogen-bond donors (Lipinski definition) is 0. The minimum atomic E-state index is -0.528. The highest BCUT2D eigenvalue weighted by molar-refractivity contribution is 7.98. The molecule has 0 aliphatic heterocycles. The lowest BCUT2D eigenvalue weighted by Gasteiger charge is -2.22. The van der Waals surface area contributed by atoms with Gasteiger partial charge in [0.25, 0.3) is 0 Å². The average molecular weight is 557 g/mol. The molecular formula is C25H31Cl2N3O5S. The Kier molecular flexibility index (Phi) is 10.2. The third-order valence-electron chi connectivity index (χ3n) is 5.42. The number of fused-ring (bicyclic) bond motifs is 1. The van der Waals surface area contributed by atoms with Crippen molar-refractivity contribution in [3.8, 4) is 5.88 Å². The Morgan fingerprint density at radius 2 is 1.86 bits per heavy atom. The Morgan fingerprint density at radius 1 is 1.14 bits per heavy atom. The molecule has 0 spiro atoms. The molecule has 8 nitrogen and oxygen atoms in total. The maximum absolute atomic E-state index is 12.2. The van der Waals surface area contributed by atoms with Crippen molar-refractivity contribution in [1.82, 2.24) is 15.0 Å². The van der Waals surface area contributed by atoms with Crippen LogP contribution in [0.15, 0.2) is 17.6 Å². The van der Waals surface area contributed by atoms with Gasteiger partial charge in [-0.3, -0.25) is 14.6 Å². The van der Waals surface area contributed by atoms with Gasteiger partial charge in [0, 0.05) is 35.7 Å². The van der Waals surface area contributed by atoms with Gasteiger partial charge in [-0.2, -0.15) is 4.98 Å². The summed E-state index contributed by atoms with van der Waals surface area (Å²) in [5.74, 6) is -0.0367. The molecule has 1 atom stereocenters. The van der Waals surface area contributed by atoms with Crippen LogP contribution >= 0.6 is 35.0 Å². The second-order valence-corrected chi connectivity index (χ2v) is 11.3. The normalized spacial score (nSPS) is 13.7. The number of carbonyl (C=O) groups excluding carboxylic acids is 2. The van der Waals surface area contributed by atoms with Gasteiger partial charge in [-0.15, -0.1) is 0 Å². The lowest BCUT2D eigenvalue weighted by Crippen LogP contribution is -2.27. The summed E-state index contributed by atoms with van der Waals surface area (Å²) in [6.07, 6.45) is 6.96. The summed E-state index contributed by atoms with van der Waals surface area (Å²) in [5, 5.41) is 1.51. The average Bonchev–Trinajstić information content (AvgIpc) is 3.26. The second-order valence-electron chi connectivity index (χ2n) is 9.57. The highest BCUT2D eigenvalue weighted by atomic mass is 35.5. The minimum absolute atomic E-state index is 0.187. The van der Waals surface area contributed by atoms with E-state index in [2.05, 4.69) is 15.0 Å². The van der Waals surface area contributed by atoms with Crippen LogP contribution in [-0.4, -0.2) is 39.3 Å². The molecule has 196 valence electrons. The van der Waals surface area contributed by atoms with Gasteiger partial charge in [-0.05, 0) is 52.9 Å². The fourth-order valence-corrected chi connectivity index (χ4v) is 5.13. The zero-order valence-corrected chi connectivity index (χ0v) is 23.3. The van der Waals surface area contributed by atoms with Crippen LogP contribution in [0.25, 0.3) is 0 Å². The number of esters is 2. The molecule has 0 fully saturated rings. The molecule has 36 heavy (non-hydrogen) atoms. The predicted molar refractivity (Wildman–Crippen MR) is 138 cm³/mol. The zero-order valence-electron chi connectivity index (χ0n) is 20.9. The first-order chi connectivity index (χ1) is 17.0. The van der Waals surface area contributed by atoms with Gasteiger partial charge in [-0.25, -0.2) is 4.98 Å². The van der Waals surface area contributed by atoms with Crippen LogP contribution in [0.1, 0.15) is 70.2 Å². The number of halogens is 2. The maximum Gasteiger partial charge on any atom is 0.309 e. The van der Waals surface area contributed by atoms with Gasteiger partial charge in [-0.1, -0.05) is 41.9 Å². The topological polar surface area (TPSA) is 101 Å². The van der Waals surface area contributed by atoms with Crippen LogP contribution in [0.4, 0.5) is 0 Å². The Morgan fingerprint density at radius 3 is 2.56 bits per heavy atom. The van der Waals surface area contributed by atoms with Crippen molar-refractivity contribution in [3.63, 3.8) is 0 Å². The standard InChI is InChI=1S/C25H31Cl2N3O5S/c1-15(23(32)35-25(2,3)4)7-5-10-21(31)33-14-34-22-16-8-6-9-20(16)29-24(30-22)36-13-17-18(26)11-28-12-19(17)27/h11-12,15H,5-10,13-14H2,1-4H3. The van der Waals surface area contributed by atoms with E-state index in [1.807, 2.05) is 20.8 Å². The third-order valence-corrected chi connectivity index (χ3v) is 6.94. The van der Waals surface area contributed by atoms with Crippen molar-refractivity contribution in [2.75, 3.05) is 6.79 Å². The highest BCUT2D eigenvalue weighted by Crippen LogP contribution is 2.33. The monoisotopic (exact) mass is 555 g/mol. The van der Waals surface area contributed by atoms with Crippen LogP contribution in [0.2, 0.25) is 10.0 Å². The Balaban J connectivity index is 1.49. The lowest BCUT2D eigenvalue weighted by molar-refractivity contribution is -0.160. The number of thioether (sulfide) groups is 1. The van der Waals surface area contributed by atoms with Gasteiger partial charge in [0.2, 0.25) is 12.7 Å². The van der Waals surface area contributed by atoms with Crippen LogP contribution in [-0.2, 0) is 37.7 Å². The molecule has 0 N–H and O–H groups in total. The summed E-state index contributed by atoms with van der Waals surface area (Å²) in [4.78, 5) is 37.4. The molecule has 0 aromatic carbocycles. The molecule has 3 rings (SSSR count). The minimum Gasteiger partial charge on any atom is -0.460 e. The van der Waals surface area contributed by atoms with E-state index < -0.39 is 11.6 Å². The molecule has 1 aliphatic rings. The summed E-state index contributed by atoms with van der Waals surface area (Å²) in [6.45, 7) is 7.04. The summed E-state index contributed by atoms with van der Waals surface area (Å²) >= 11 is 13.8. The number of carbonyl (C=O) groups is 2. The van der Waals surface area contributed by atoms with E-state index in [-0.39, 0.29) is 25.1 Å². The molecule has 1 aliphatic carbocycles. The quantitative estimate of drug-likeness (QED) is 0.143. The summed E-state index contributed by atoms with van der Waals surface area (Å²) in [7, 11) is 0. The smallest absolute Gasteiger partial charge is 0.309 e. The van der Waals surface area contributed by atoms with Crippen LogP contribution in [0.3, 0.4) is 0 Å². The van der Waals surface area contributed by atoms with Crippen LogP contribution < -0.4 is 4.74 Å². The SMILES string of the molecule is CC(CCCC(=O)OCOc1nc(SCc2c(Cl)cncc2Cl)nc2c1CCC2)C(=O)OC(C)(C)C. The van der Waals surface area contributed by atoms with Crippen molar-refractivity contribution in [2.45, 2.75) is 82.7 Å². The number of pyridine rings is 1. The second kappa shape index (κ2) is 12.9. The summed E-state index contributed by atoms with van der Waals surface area (Å²) in [6, 6.07) is 0. The summed E-state index contributed by atoms with van der Waals surface area (Å²) < 4.78 is 16.3. The third kappa shape index (κ3) is 8.49. The van der Waals surface area contributed by atoms with Gasteiger partial charge in [0.05, 0.1) is 21.7 Å². The fourth-order valence-electron chi connectivity index (χ4n) is 3.57. The van der Waals surface area contributed by atoms with E-state index in [0.717, 1.165) is 36.1 Å². The van der Waals surface area contributed by atoms with E-state index >= 15 is 0 Å². The Bertz CT molecular complexity index is 1070. The van der Waals surface area contributed by atoms with Crippen LogP contribution in [0, 0.1) is 5.92 Å². The molecular weight excluding hydrogens is 525 g/mol. The lowest BCUT2D eigenvalue weighted by atomic mass is 10.0. The first kappa shape index (κ1) is 28.5. The number of nitrogens with zero attached hydrogens (tertiary/aromatic N) is 3. The number of rotatable bonds is 11. The van der Waals surface area contributed by atoms with Crippen molar-refractivity contribution in [2.24, 2.45) is 5.92 Å². The number of aryl methyl sites for hydroxylation is 1. The molecule has 0 bridgehead atoms. The van der Waals surface area contributed by atoms with E-state index in [0.29, 0.717) is 39.7 Å². The summed E-state index contributed by atoms with van der Waals surface area (Å²) in [5.41, 5.74) is 2.12. The maximum atomic E-state index is 12.2. The molecule has 0 saturated heterocycles. The van der Waals surface area contributed by atoms with Crippen molar-refractivity contribution in [1.29, 1.82) is 0 Å². The molecule has 2 aromatic heterocycles. The molecule has 0 saturated carbocycles. The molecule has 1 unspecified atom stereocenters. The molecule has 0 radical (unpaired) electrons. The van der Waals surface area contributed by atoms with E-state index in [4.69, 9.17) is 37.4 Å². The van der Waals surface area contributed by atoms with Gasteiger partial charge in [0.15, 0.2) is 5.16 Å². The first-order valence-electron chi connectivity index (χ1n) is 11.8. The van der Waals surface area contributed by atoms with Crippen molar-refractivity contribution >= 4 is 46.9 Å². The predicted octanol–water partition coefficient (Wildman–Crippen LogP) is 5.99. The van der Waals surface area contributed by atoms with Gasteiger partial charge in [0.1, 0.15) is 5.60 Å². The first-order valence-corrected chi connectivity index (χ1v) is 13.6. The zero-order chi connectivity index (χ0) is 26.3. The molecule has 2 aromatic rings. The molecule has 2 heterocycles. The Hall–Kier alpha value is -2.10. The van der Waals surface area contributed by atoms with Crippen molar-refractivity contribution < 1.29 is 23.8 Å². The van der Waals surface area contributed by atoms with Gasteiger partial charge >= 0.3 is 11.9 Å². The number of hydrogen-bond acceptors (Lipinski definition) is 9. The van der Waals surface area contributed by atoms with Crippen molar-refractivity contribution in [3.05, 3.63) is 39.3 Å².